The minimum Gasteiger partial charge on any atom is -0.376 e. The van der Waals surface area contributed by atoms with E-state index in [4.69, 9.17) is 5.26 Å². The molecule has 0 spiro atoms. The number of nitriles is 1. The Labute approximate surface area is 108 Å². The average molecular weight is 319 g/mol. The van der Waals surface area contributed by atoms with Gasteiger partial charge in [-0.15, -0.1) is 0 Å². The molecule has 0 unspecified atom stereocenters. The highest BCUT2D eigenvalue weighted by atomic mass is 32.2. The van der Waals surface area contributed by atoms with Crippen LogP contribution in [0.4, 0.5) is 26.3 Å². The van der Waals surface area contributed by atoms with E-state index in [1.807, 2.05) is 0 Å². The zero-order valence-corrected chi connectivity index (χ0v) is 9.90. The van der Waals surface area contributed by atoms with Crippen LogP contribution in [-0.4, -0.2) is 13.9 Å². The minimum absolute atomic E-state index is 0.00183. The van der Waals surface area contributed by atoms with Crippen LogP contribution in [0.1, 0.15) is 11.1 Å². The summed E-state index contributed by atoms with van der Waals surface area (Å²) >= 11 is 0. The number of hydrogen-bond acceptors (Lipinski definition) is 4. The SMILES string of the molecule is N#Cc1ccc(OS(=O)(=O)C(F)(F)F)cc1C(F)(F)F. The van der Waals surface area contributed by atoms with Gasteiger partial charge in [-0.3, -0.25) is 0 Å². The Balaban J connectivity index is 3.29. The second-order valence-electron chi connectivity index (χ2n) is 3.30. The molecule has 0 radical (unpaired) electrons. The van der Waals surface area contributed by atoms with E-state index < -0.39 is 38.7 Å². The highest BCUT2D eigenvalue weighted by Crippen LogP contribution is 2.35. The van der Waals surface area contributed by atoms with Gasteiger partial charge < -0.3 is 4.18 Å². The predicted molar refractivity (Wildman–Crippen MR) is 51.8 cm³/mol. The summed E-state index contributed by atoms with van der Waals surface area (Å²) in [5, 5.41) is 8.45. The van der Waals surface area contributed by atoms with Gasteiger partial charge in [0, 0.05) is 0 Å². The molecular formula is C9H3F6NO3S. The highest BCUT2D eigenvalue weighted by molar-refractivity contribution is 7.87. The molecule has 11 heteroatoms. The molecular weight excluding hydrogens is 316 g/mol. The van der Waals surface area contributed by atoms with E-state index in [-0.39, 0.29) is 6.07 Å². The molecule has 0 saturated carbocycles. The summed E-state index contributed by atoms with van der Waals surface area (Å²) < 4.78 is 98.4. The van der Waals surface area contributed by atoms with Gasteiger partial charge in [-0.25, -0.2) is 0 Å². The molecule has 0 aliphatic rings. The van der Waals surface area contributed by atoms with Crippen LogP contribution in [0, 0.1) is 11.3 Å². The monoisotopic (exact) mass is 319 g/mol. The normalized spacial score (nSPS) is 12.8. The van der Waals surface area contributed by atoms with Gasteiger partial charge in [0.2, 0.25) is 0 Å². The van der Waals surface area contributed by atoms with Gasteiger partial charge in [-0.05, 0) is 18.2 Å². The molecule has 1 aromatic carbocycles. The Bertz CT molecular complexity index is 656. The van der Waals surface area contributed by atoms with Crippen molar-refractivity contribution in [3.8, 4) is 11.8 Å². The minimum atomic E-state index is -6.08. The Morgan fingerprint density at radius 2 is 1.65 bits per heavy atom. The van der Waals surface area contributed by atoms with Gasteiger partial charge in [0.15, 0.2) is 0 Å². The molecule has 1 aromatic rings. The Kier molecular flexibility index (Phi) is 3.91. The Morgan fingerprint density at radius 1 is 1.10 bits per heavy atom. The fourth-order valence-corrected chi connectivity index (χ4v) is 1.53. The number of benzene rings is 1. The summed E-state index contributed by atoms with van der Waals surface area (Å²) in [6, 6.07) is 2.19. The lowest BCUT2D eigenvalue weighted by molar-refractivity contribution is -0.137. The van der Waals surface area contributed by atoms with Crippen molar-refractivity contribution in [2.24, 2.45) is 0 Å². The summed E-state index contributed by atoms with van der Waals surface area (Å²) in [7, 11) is -6.08. The van der Waals surface area contributed by atoms with E-state index in [1.165, 1.54) is 6.07 Å². The molecule has 4 nitrogen and oxygen atoms in total. The number of nitrogens with zero attached hydrogens (tertiary/aromatic N) is 1. The molecule has 0 fully saturated rings. The van der Waals surface area contributed by atoms with Gasteiger partial charge in [-0.2, -0.15) is 40.0 Å². The first-order valence-electron chi connectivity index (χ1n) is 4.50. The van der Waals surface area contributed by atoms with Gasteiger partial charge in [-0.1, -0.05) is 0 Å². The van der Waals surface area contributed by atoms with Gasteiger partial charge in [0.1, 0.15) is 5.75 Å². The van der Waals surface area contributed by atoms with E-state index in [0.717, 1.165) is 0 Å². The molecule has 0 atom stereocenters. The van der Waals surface area contributed by atoms with Crippen molar-refractivity contribution in [2.75, 3.05) is 0 Å². The Hall–Kier alpha value is -1.96. The number of halogens is 6. The van der Waals surface area contributed by atoms with Crippen LogP contribution in [0.5, 0.6) is 5.75 Å². The summed E-state index contributed by atoms with van der Waals surface area (Å²) in [6.07, 6.45) is -5.05. The standard InChI is InChI=1S/C9H3F6NO3S/c10-8(11,12)7-3-6(2-1-5(7)4-16)19-20(17,18)9(13,14)15/h1-3H. The van der Waals surface area contributed by atoms with Crippen molar-refractivity contribution in [3.63, 3.8) is 0 Å². The average Bonchev–Trinajstić information content (AvgIpc) is 2.25. The first kappa shape index (κ1) is 16.1. The molecule has 0 heterocycles. The lowest BCUT2D eigenvalue weighted by atomic mass is 10.1. The lowest BCUT2D eigenvalue weighted by Gasteiger charge is -2.12. The molecule has 0 N–H and O–H groups in total. The quantitative estimate of drug-likeness (QED) is 0.477. The van der Waals surface area contributed by atoms with Crippen molar-refractivity contribution in [1.29, 1.82) is 5.26 Å². The van der Waals surface area contributed by atoms with E-state index in [0.29, 0.717) is 12.1 Å². The molecule has 0 aromatic heterocycles. The second-order valence-corrected chi connectivity index (χ2v) is 4.84. The predicted octanol–water partition coefficient (Wildman–Crippen LogP) is 2.81. The van der Waals surface area contributed by atoms with Gasteiger partial charge in [0.05, 0.1) is 17.2 Å². The maximum absolute atomic E-state index is 12.5. The smallest absolute Gasteiger partial charge is 0.376 e. The van der Waals surface area contributed by atoms with Gasteiger partial charge >= 0.3 is 21.8 Å². The highest BCUT2D eigenvalue weighted by Gasteiger charge is 2.48. The van der Waals surface area contributed by atoms with Gasteiger partial charge in [0.25, 0.3) is 0 Å². The first-order valence-corrected chi connectivity index (χ1v) is 5.91. The lowest BCUT2D eigenvalue weighted by Crippen LogP contribution is -2.28. The summed E-state index contributed by atoms with van der Waals surface area (Å²) in [6.45, 7) is 0. The molecule has 1 rings (SSSR count). The largest absolute Gasteiger partial charge is 0.534 e. The molecule has 0 amide bonds. The third-order valence-corrected chi connectivity index (χ3v) is 2.89. The fourth-order valence-electron chi connectivity index (χ4n) is 1.08. The van der Waals surface area contributed by atoms with Crippen LogP contribution in [0.3, 0.4) is 0 Å². The third-order valence-electron chi connectivity index (χ3n) is 1.91. The summed E-state index contributed by atoms with van der Waals surface area (Å²) in [4.78, 5) is 0. The van der Waals surface area contributed by atoms with Crippen LogP contribution < -0.4 is 4.18 Å². The summed E-state index contributed by atoms with van der Waals surface area (Å²) in [5.74, 6) is -1.20. The molecule has 20 heavy (non-hydrogen) atoms. The molecule has 110 valence electrons. The first-order chi connectivity index (χ1) is 8.88. The third kappa shape index (κ3) is 3.32. The van der Waals surface area contributed by atoms with Crippen molar-refractivity contribution in [2.45, 2.75) is 11.7 Å². The van der Waals surface area contributed by atoms with Crippen LogP contribution in [0.25, 0.3) is 0 Å². The molecule has 0 saturated heterocycles. The van der Waals surface area contributed by atoms with Crippen LogP contribution in [0.2, 0.25) is 0 Å². The zero-order chi connectivity index (χ0) is 15.8. The summed E-state index contributed by atoms with van der Waals surface area (Å²) in [5.41, 5.74) is -8.26. The van der Waals surface area contributed by atoms with Crippen molar-refractivity contribution >= 4 is 10.1 Å². The van der Waals surface area contributed by atoms with E-state index in [1.54, 1.807) is 0 Å². The number of alkyl halides is 6. The molecule has 0 aliphatic heterocycles. The van der Waals surface area contributed by atoms with E-state index in [9.17, 15) is 34.8 Å². The van der Waals surface area contributed by atoms with Crippen LogP contribution in [-0.2, 0) is 16.3 Å². The van der Waals surface area contributed by atoms with E-state index in [2.05, 4.69) is 4.18 Å². The fraction of sp³-hybridized carbons (Fsp3) is 0.222. The maximum atomic E-state index is 12.5. The molecule has 0 bridgehead atoms. The number of rotatable bonds is 2. The van der Waals surface area contributed by atoms with Crippen LogP contribution in [0.15, 0.2) is 18.2 Å². The van der Waals surface area contributed by atoms with Crippen LogP contribution >= 0.6 is 0 Å². The zero-order valence-electron chi connectivity index (χ0n) is 9.08. The van der Waals surface area contributed by atoms with Crippen molar-refractivity contribution < 1.29 is 38.9 Å². The molecule has 0 aliphatic carbocycles. The topological polar surface area (TPSA) is 67.2 Å². The van der Waals surface area contributed by atoms with Crippen molar-refractivity contribution in [3.05, 3.63) is 29.3 Å². The Morgan fingerprint density at radius 3 is 2.05 bits per heavy atom. The van der Waals surface area contributed by atoms with Crippen molar-refractivity contribution in [1.82, 2.24) is 0 Å². The van der Waals surface area contributed by atoms with E-state index >= 15 is 0 Å². The maximum Gasteiger partial charge on any atom is 0.534 e. The number of hydrogen-bond donors (Lipinski definition) is 0. The second kappa shape index (κ2) is 4.86.